The summed E-state index contributed by atoms with van der Waals surface area (Å²) in [5.74, 6) is 2.28. The summed E-state index contributed by atoms with van der Waals surface area (Å²) in [6, 6.07) is 9.59. The van der Waals surface area contributed by atoms with Gasteiger partial charge in [0.05, 0.1) is 23.3 Å². The molecule has 3 rings (SSSR count). The van der Waals surface area contributed by atoms with Gasteiger partial charge in [0, 0.05) is 23.7 Å². The number of nitrogens with zero attached hydrogens (tertiary/aromatic N) is 2. The van der Waals surface area contributed by atoms with E-state index in [4.69, 9.17) is 0 Å². The zero-order valence-corrected chi connectivity index (χ0v) is 15.1. The first kappa shape index (κ1) is 17.3. The van der Waals surface area contributed by atoms with Crippen LogP contribution < -0.4 is 10.9 Å². The van der Waals surface area contributed by atoms with Gasteiger partial charge in [-0.2, -0.15) is 11.8 Å². The molecule has 0 spiro atoms. The normalized spacial score (nSPS) is 10.8. The molecule has 2 heterocycles. The maximum atomic E-state index is 12.4. The van der Waals surface area contributed by atoms with Crippen molar-refractivity contribution in [1.82, 2.24) is 19.9 Å². The van der Waals surface area contributed by atoms with E-state index in [9.17, 15) is 4.79 Å². The highest BCUT2D eigenvalue weighted by molar-refractivity contribution is 7.98. The third-order valence-corrected chi connectivity index (χ3v) is 4.85. The summed E-state index contributed by atoms with van der Waals surface area (Å²) in [6.07, 6.45) is 1.72. The minimum Gasteiger partial charge on any atom is -0.355 e. The van der Waals surface area contributed by atoms with Crippen molar-refractivity contribution in [3.63, 3.8) is 0 Å². The molecule has 7 heteroatoms. The predicted octanol–water partition coefficient (Wildman–Crippen LogP) is 3.12. The van der Waals surface area contributed by atoms with E-state index in [1.54, 1.807) is 18.1 Å². The first-order chi connectivity index (χ1) is 12.1. The summed E-state index contributed by atoms with van der Waals surface area (Å²) in [5, 5.41) is 3.18. The number of aryl methyl sites for hydroxylation is 2. The SMILES string of the molecule is Cc1nc(NCCSCc2nc[nH]c2C)[nH]c(=O)c1-c1ccccc1. The molecule has 0 unspecified atom stereocenters. The Morgan fingerprint density at radius 1 is 1.20 bits per heavy atom. The van der Waals surface area contributed by atoms with Crippen LogP contribution in [0.25, 0.3) is 11.1 Å². The van der Waals surface area contributed by atoms with Gasteiger partial charge in [-0.3, -0.25) is 9.78 Å². The van der Waals surface area contributed by atoms with Gasteiger partial charge in [0.1, 0.15) is 0 Å². The molecule has 6 nitrogen and oxygen atoms in total. The number of aromatic nitrogens is 4. The third kappa shape index (κ3) is 4.30. The minimum atomic E-state index is -0.124. The Morgan fingerprint density at radius 2 is 2.00 bits per heavy atom. The molecule has 3 aromatic rings. The summed E-state index contributed by atoms with van der Waals surface area (Å²) < 4.78 is 0. The van der Waals surface area contributed by atoms with Crippen LogP contribution in [0.3, 0.4) is 0 Å². The van der Waals surface area contributed by atoms with Gasteiger partial charge >= 0.3 is 0 Å². The van der Waals surface area contributed by atoms with Gasteiger partial charge in [-0.05, 0) is 19.4 Å². The van der Waals surface area contributed by atoms with Crippen molar-refractivity contribution in [1.29, 1.82) is 0 Å². The number of thioether (sulfide) groups is 1. The van der Waals surface area contributed by atoms with Gasteiger partial charge in [0.2, 0.25) is 5.95 Å². The van der Waals surface area contributed by atoms with Crippen molar-refractivity contribution in [2.75, 3.05) is 17.6 Å². The Bertz CT molecular complexity index is 888. The molecule has 0 aliphatic rings. The number of benzene rings is 1. The Morgan fingerprint density at radius 3 is 2.68 bits per heavy atom. The lowest BCUT2D eigenvalue weighted by molar-refractivity contribution is 1.03. The topological polar surface area (TPSA) is 86.5 Å². The summed E-state index contributed by atoms with van der Waals surface area (Å²) >= 11 is 1.79. The molecule has 1 aromatic carbocycles. The standard InChI is InChI=1S/C18H21N5OS/c1-12-15(21-11-20-12)10-25-9-8-19-18-22-13(2)16(17(24)23-18)14-6-4-3-5-7-14/h3-7,11H,8-10H2,1-2H3,(H,20,21)(H2,19,22,23,24). The molecule has 0 amide bonds. The molecule has 3 N–H and O–H groups in total. The molecule has 0 aliphatic carbocycles. The number of anilines is 1. The summed E-state index contributed by atoms with van der Waals surface area (Å²) in [4.78, 5) is 27.0. The lowest BCUT2D eigenvalue weighted by Gasteiger charge is -2.09. The Labute approximate surface area is 150 Å². The molecule has 0 bridgehead atoms. The largest absolute Gasteiger partial charge is 0.355 e. The quantitative estimate of drug-likeness (QED) is 0.567. The van der Waals surface area contributed by atoms with E-state index >= 15 is 0 Å². The van der Waals surface area contributed by atoms with Crippen molar-refractivity contribution in [2.45, 2.75) is 19.6 Å². The molecular formula is C18H21N5OS. The number of hydrogen-bond acceptors (Lipinski definition) is 5. The molecule has 0 saturated heterocycles. The van der Waals surface area contributed by atoms with E-state index in [1.165, 1.54) is 0 Å². The zero-order valence-electron chi connectivity index (χ0n) is 14.3. The fraction of sp³-hybridized carbons (Fsp3) is 0.278. The van der Waals surface area contributed by atoms with Crippen LogP contribution in [0.5, 0.6) is 0 Å². The van der Waals surface area contributed by atoms with Gasteiger partial charge in [0.25, 0.3) is 5.56 Å². The molecule has 0 atom stereocenters. The van der Waals surface area contributed by atoms with Crippen LogP contribution in [0.15, 0.2) is 41.5 Å². The smallest absolute Gasteiger partial charge is 0.260 e. The minimum absolute atomic E-state index is 0.124. The van der Waals surface area contributed by atoms with Crippen molar-refractivity contribution in [3.05, 3.63) is 64.1 Å². The molecule has 0 radical (unpaired) electrons. The first-order valence-electron chi connectivity index (χ1n) is 8.12. The number of nitrogens with one attached hydrogen (secondary N) is 3. The second-order valence-electron chi connectivity index (χ2n) is 5.69. The molecule has 0 fully saturated rings. The molecule has 130 valence electrons. The third-order valence-electron chi connectivity index (χ3n) is 3.87. The maximum absolute atomic E-state index is 12.4. The molecule has 0 saturated carbocycles. The van der Waals surface area contributed by atoms with Crippen LogP contribution in [0, 0.1) is 13.8 Å². The molecule has 25 heavy (non-hydrogen) atoms. The lowest BCUT2D eigenvalue weighted by Crippen LogP contribution is -2.17. The predicted molar refractivity (Wildman–Crippen MR) is 103 cm³/mol. The molecule has 0 aliphatic heterocycles. The van der Waals surface area contributed by atoms with Gasteiger partial charge < -0.3 is 10.3 Å². The van der Waals surface area contributed by atoms with E-state index in [0.29, 0.717) is 11.5 Å². The van der Waals surface area contributed by atoms with Gasteiger partial charge in [0.15, 0.2) is 0 Å². The summed E-state index contributed by atoms with van der Waals surface area (Å²) in [7, 11) is 0. The Balaban J connectivity index is 1.57. The number of imidazole rings is 1. The van der Waals surface area contributed by atoms with Crippen LogP contribution in [-0.2, 0) is 5.75 Å². The average molecular weight is 355 g/mol. The fourth-order valence-electron chi connectivity index (χ4n) is 2.56. The van der Waals surface area contributed by atoms with Gasteiger partial charge in [-0.15, -0.1) is 0 Å². The van der Waals surface area contributed by atoms with Gasteiger partial charge in [-0.1, -0.05) is 30.3 Å². The second-order valence-corrected chi connectivity index (χ2v) is 6.80. The average Bonchev–Trinajstić information content (AvgIpc) is 3.00. The zero-order chi connectivity index (χ0) is 17.6. The molecular weight excluding hydrogens is 334 g/mol. The number of H-pyrrole nitrogens is 2. The van der Waals surface area contributed by atoms with Crippen molar-refractivity contribution in [2.24, 2.45) is 0 Å². The van der Waals surface area contributed by atoms with Crippen LogP contribution in [-0.4, -0.2) is 32.2 Å². The van der Waals surface area contributed by atoms with E-state index in [0.717, 1.165) is 40.7 Å². The monoisotopic (exact) mass is 355 g/mol. The number of hydrogen-bond donors (Lipinski definition) is 3. The van der Waals surface area contributed by atoms with Crippen LogP contribution >= 0.6 is 11.8 Å². The van der Waals surface area contributed by atoms with E-state index in [-0.39, 0.29) is 5.56 Å². The van der Waals surface area contributed by atoms with Crippen LogP contribution in [0.1, 0.15) is 17.1 Å². The van der Waals surface area contributed by atoms with E-state index < -0.39 is 0 Å². The highest BCUT2D eigenvalue weighted by atomic mass is 32.2. The summed E-state index contributed by atoms with van der Waals surface area (Å²) in [6.45, 7) is 4.60. The maximum Gasteiger partial charge on any atom is 0.260 e. The highest BCUT2D eigenvalue weighted by Crippen LogP contribution is 2.18. The van der Waals surface area contributed by atoms with E-state index in [1.807, 2.05) is 44.2 Å². The number of rotatable bonds is 7. The first-order valence-corrected chi connectivity index (χ1v) is 9.27. The van der Waals surface area contributed by atoms with E-state index in [2.05, 4.69) is 25.3 Å². The van der Waals surface area contributed by atoms with Crippen molar-refractivity contribution >= 4 is 17.7 Å². The fourth-order valence-corrected chi connectivity index (χ4v) is 3.43. The van der Waals surface area contributed by atoms with Crippen molar-refractivity contribution in [3.8, 4) is 11.1 Å². The van der Waals surface area contributed by atoms with Crippen LogP contribution in [0.2, 0.25) is 0 Å². The molecule has 2 aromatic heterocycles. The highest BCUT2D eigenvalue weighted by Gasteiger charge is 2.10. The van der Waals surface area contributed by atoms with Crippen molar-refractivity contribution < 1.29 is 0 Å². The number of aromatic amines is 2. The Kier molecular flexibility index (Phi) is 5.55. The second kappa shape index (κ2) is 8.02. The van der Waals surface area contributed by atoms with Gasteiger partial charge in [-0.25, -0.2) is 9.97 Å². The summed E-state index contributed by atoms with van der Waals surface area (Å²) in [5.41, 5.74) is 4.29. The van der Waals surface area contributed by atoms with Crippen LogP contribution in [0.4, 0.5) is 5.95 Å². The Hall–Kier alpha value is -2.54. The lowest BCUT2D eigenvalue weighted by atomic mass is 10.1.